The average molecular weight is 896 g/mol. The second-order valence-electron chi connectivity index (χ2n) is 17.2. The van der Waals surface area contributed by atoms with Gasteiger partial charge in [0.15, 0.2) is 6.29 Å². The van der Waals surface area contributed by atoms with Gasteiger partial charge in [-0.1, -0.05) is 201 Å². The SMILES string of the molecule is CC/C=C\C/C=C\C/C=C\C/C=C\C/C=C\C/C=C\C/C=C\C/C=C\CCCCCCCCCCCCC(=O)NC(COC1OC(CO)C(O)C(O)C1O)C(O)CCCCCCCC. The number of allylic oxidation sites excluding steroid dienone is 16. The van der Waals surface area contributed by atoms with E-state index in [1.54, 1.807) is 0 Å². The Kier molecular flexibility index (Phi) is 40.6. The molecule has 9 nitrogen and oxygen atoms in total. The Bertz CT molecular complexity index is 1320. The van der Waals surface area contributed by atoms with Crippen molar-refractivity contribution in [1.29, 1.82) is 0 Å². The quantitative estimate of drug-likeness (QED) is 0.0262. The van der Waals surface area contributed by atoms with E-state index in [0.29, 0.717) is 12.8 Å². The van der Waals surface area contributed by atoms with Crippen LogP contribution in [0.25, 0.3) is 0 Å². The predicted octanol–water partition coefficient (Wildman–Crippen LogP) is 11.7. The van der Waals surface area contributed by atoms with Gasteiger partial charge in [-0.15, -0.1) is 0 Å². The third-order valence-electron chi connectivity index (χ3n) is 11.5. The highest BCUT2D eigenvalue weighted by atomic mass is 16.7. The molecule has 9 heteroatoms. The highest BCUT2D eigenvalue weighted by molar-refractivity contribution is 5.76. The minimum atomic E-state index is -1.56. The largest absolute Gasteiger partial charge is 0.394 e. The first-order valence-electron chi connectivity index (χ1n) is 25.4. The van der Waals surface area contributed by atoms with Crippen LogP contribution in [0, 0.1) is 0 Å². The number of carbonyl (C=O) groups excluding carboxylic acids is 1. The molecule has 0 aliphatic carbocycles. The van der Waals surface area contributed by atoms with Gasteiger partial charge in [-0.3, -0.25) is 4.79 Å². The molecule has 366 valence electrons. The number of aliphatic hydroxyl groups excluding tert-OH is 5. The van der Waals surface area contributed by atoms with E-state index >= 15 is 0 Å². The van der Waals surface area contributed by atoms with Gasteiger partial charge < -0.3 is 40.3 Å². The van der Waals surface area contributed by atoms with E-state index < -0.39 is 49.5 Å². The molecule has 0 saturated carbocycles. The number of rotatable bonds is 41. The predicted molar refractivity (Wildman–Crippen MR) is 267 cm³/mol. The smallest absolute Gasteiger partial charge is 0.220 e. The number of hydrogen-bond donors (Lipinski definition) is 6. The minimum Gasteiger partial charge on any atom is -0.394 e. The number of amides is 1. The molecule has 1 aliphatic rings. The van der Waals surface area contributed by atoms with Gasteiger partial charge in [0.2, 0.25) is 5.91 Å². The van der Waals surface area contributed by atoms with E-state index in [-0.39, 0.29) is 12.5 Å². The van der Waals surface area contributed by atoms with Crippen LogP contribution in [0.4, 0.5) is 0 Å². The molecular weight excluding hydrogens is 803 g/mol. The Balaban J connectivity index is 2.09. The molecule has 7 unspecified atom stereocenters. The zero-order chi connectivity index (χ0) is 46.6. The van der Waals surface area contributed by atoms with E-state index in [4.69, 9.17) is 9.47 Å². The highest BCUT2D eigenvalue weighted by Gasteiger charge is 2.44. The lowest BCUT2D eigenvalue weighted by Crippen LogP contribution is -2.60. The zero-order valence-electron chi connectivity index (χ0n) is 40.2. The van der Waals surface area contributed by atoms with Crippen LogP contribution >= 0.6 is 0 Å². The zero-order valence-corrected chi connectivity index (χ0v) is 40.2. The normalized spacial score (nSPS) is 20.9. The van der Waals surface area contributed by atoms with Gasteiger partial charge in [0, 0.05) is 6.42 Å². The van der Waals surface area contributed by atoms with Crippen molar-refractivity contribution in [1.82, 2.24) is 5.32 Å². The summed E-state index contributed by atoms with van der Waals surface area (Å²) in [5.41, 5.74) is 0. The summed E-state index contributed by atoms with van der Waals surface area (Å²) >= 11 is 0. The first kappa shape index (κ1) is 59.1. The summed E-state index contributed by atoms with van der Waals surface area (Å²) in [5, 5.41) is 54.0. The second-order valence-corrected chi connectivity index (χ2v) is 17.2. The van der Waals surface area contributed by atoms with Gasteiger partial charge >= 0.3 is 0 Å². The topological polar surface area (TPSA) is 149 Å². The molecule has 1 heterocycles. The number of nitrogens with one attached hydrogen (secondary N) is 1. The number of hydrogen-bond acceptors (Lipinski definition) is 8. The van der Waals surface area contributed by atoms with Gasteiger partial charge in [-0.25, -0.2) is 0 Å². The van der Waals surface area contributed by atoms with Crippen LogP contribution in [0.5, 0.6) is 0 Å². The van der Waals surface area contributed by atoms with Crippen LogP contribution in [0.3, 0.4) is 0 Å². The maximum Gasteiger partial charge on any atom is 0.220 e. The molecule has 1 amide bonds. The Hall–Kier alpha value is -2.89. The summed E-state index contributed by atoms with van der Waals surface area (Å²) in [6.45, 7) is 3.63. The lowest BCUT2D eigenvalue weighted by Gasteiger charge is -2.40. The van der Waals surface area contributed by atoms with Gasteiger partial charge in [0.25, 0.3) is 0 Å². The van der Waals surface area contributed by atoms with Crippen molar-refractivity contribution in [3.05, 3.63) is 97.2 Å². The number of carbonyl (C=O) groups is 1. The molecule has 7 atom stereocenters. The fourth-order valence-corrected chi connectivity index (χ4v) is 7.41. The van der Waals surface area contributed by atoms with Gasteiger partial charge in [0.05, 0.1) is 25.4 Å². The van der Waals surface area contributed by atoms with Crippen LogP contribution in [0.2, 0.25) is 0 Å². The number of aliphatic hydroxyl groups is 5. The summed E-state index contributed by atoms with van der Waals surface area (Å²) < 4.78 is 11.2. The third-order valence-corrected chi connectivity index (χ3v) is 11.5. The lowest BCUT2D eigenvalue weighted by atomic mass is 9.99. The van der Waals surface area contributed by atoms with Crippen LogP contribution in [-0.2, 0) is 14.3 Å². The van der Waals surface area contributed by atoms with Crippen molar-refractivity contribution < 1.29 is 39.8 Å². The Morgan fingerprint density at radius 2 is 0.969 bits per heavy atom. The summed E-state index contributed by atoms with van der Waals surface area (Å²) in [6.07, 6.45) is 56.1. The van der Waals surface area contributed by atoms with E-state index in [1.807, 2.05) is 0 Å². The molecule has 0 radical (unpaired) electrons. The fraction of sp³-hybridized carbons (Fsp3) is 0.691. The maximum absolute atomic E-state index is 12.9. The molecule has 64 heavy (non-hydrogen) atoms. The summed E-state index contributed by atoms with van der Waals surface area (Å²) in [5.74, 6) is -0.160. The van der Waals surface area contributed by atoms with E-state index in [9.17, 15) is 30.3 Å². The molecule has 1 aliphatic heterocycles. The third kappa shape index (κ3) is 33.6. The molecule has 1 fully saturated rings. The van der Waals surface area contributed by atoms with E-state index in [2.05, 4.69) is 116 Å². The highest BCUT2D eigenvalue weighted by Crippen LogP contribution is 2.23. The minimum absolute atomic E-state index is 0.146. The molecular formula is C55H93NO8. The van der Waals surface area contributed by atoms with Crippen molar-refractivity contribution >= 4 is 5.91 Å². The molecule has 0 aromatic carbocycles. The maximum atomic E-state index is 12.9. The first-order chi connectivity index (χ1) is 31.3. The molecule has 0 aromatic heterocycles. The van der Waals surface area contributed by atoms with E-state index in [1.165, 1.54) is 57.8 Å². The van der Waals surface area contributed by atoms with Gasteiger partial charge in [-0.05, 0) is 77.0 Å². The van der Waals surface area contributed by atoms with Crippen molar-refractivity contribution in [3.63, 3.8) is 0 Å². The molecule has 1 rings (SSSR count). The van der Waals surface area contributed by atoms with Crippen LogP contribution in [-0.4, -0.2) is 87.5 Å². The van der Waals surface area contributed by atoms with Gasteiger partial charge in [0.1, 0.15) is 24.4 Å². The van der Waals surface area contributed by atoms with Gasteiger partial charge in [-0.2, -0.15) is 0 Å². The van der Waals surface area contributed by atoms with Crippen LogP contribution in [0.1, 0.15) is 187 Å². The fourth-order valence-electron chi connectivity index (χ4n) is 7.41. The summed E-state index contributed by atoms with van der Waals surface area (Å²) in [6, 6.07) is -0.723. The van der Waals surface area contributed by atoms with Crippen molar-refractivity contribution in [2.24, 2.45) is 0 Å². The lowest BCUT2D eigenvalue weighted by molar-refractivity contribution is -0.302. The number of unbranched alkanes of at least 4 members (excludes halogenated alkanes) is 15. The molecule has 0 aromatic rings. The Labute approximate surface area is 390 Å². The van der Waals surface area contributed by atoms with E-state index in [0.717, 1.165) is 103 Å². The Morgan fingerprint density at radius 1 is 0.547 bits per heavy atom. The summed E-state index contributed by atoms with van der Waals surface area (Å²) in [7, 11) is 0. The first-order valence-corrected chi connectivity index (χ1v) is 25.4. The molecule has 0 bridgehead atoms. The average Bonchev–Trinajstić information content (AvgIpc) is 3.29. The Morgan fingerprint density at radius 3 is 1.44 bits per heavy atom. The summed E-state index contributed by atoms with van der Waals surface area (Å²) in [4.78, 5) is 12.9. The van der Waals surface area contributed by atoms with Crippen LogP contribution < -0.4 is 5.32 Å². The van der Waals surface area contributed by atoms with Crippen molar-refractivity contribution in [3.8, 4) is 0 Å². The monoisotopic (exact) mass is 896 g/mol. The van der Waals surface area contributed by atoms with Crippen LogP contribution in [0.15, 0.2) is 97.2 Å². The standard InChI is InChI=1S/C55H93NO8/c1-3-5-7-9-11-12-13-14-15-16-17-18-19-20-21-22-23-24-25-26-27-28-29-30-31-32-33-34-35-36-37-38-39-41-43-45-51(59)56-48(49(58)44-42-40-10-8-6-4-2)47-63-55-54(62)53(61)52(60)50(46-57)64-55/h5,7,11-12,14-15,17-18,20-21,23-24,26-27,29-30,48-50,52-55,57-58,60-62H,3-4,6,8-10,13,16,19,22,25,28,31-47H2,1-2H3,(H,56,59)/b7-5-,12-11-,15-14-,18-17-,21-20-,24-23-,27-26-,30-29-. The van der Waals surface area contributed by atoms with Crippen molar-refractivity contribution in [2.45, 2.75) is 230 Å². The second kappa shape index (κ2) is 44.0. The molecule has 0 spiro atoms. The molecule has 1 saturated heterocycles. The molecule has 6 N–H and O–H groups in total. The van der Waals surface area contributed by atoms with Crippen molar-refractivity contribution in [2.75, 3.05) is 13.2 Å². The number of ether oxygens (including phenoxy) is 2.